The number of piperidine rings is 1. The summed E-state index contributed by atoms with van der Waals surface area (Å²) in [7, 11) is 2.15. The van der Waals surface area contributed by atoms with Gasteiger partial charge in [-0.3, -0.25) is 9.78 Å². The van der Waals surface area contributed by atoms with E-state index in [1.807, 2.05) is 42.5 Å². The van der Waals surface area contributed by atoms with Crippen LogP contribution < -0.4 is 25.4 Å². The van der Waals surface area contributed by atoms with Crippen molar-refractivity contribution in [3.63, 3.8) is 0 Å². The minimum Gasteiger partial charge on any atom is -0.491 e. The van der Waals surface area contributed by atoms with E-state index >= 15 is 0 Å². The molecule has 2 aromatic carbocycles. The second-order valence-electron chi connectivity index (χ2n) is 11.2. The Hall–Kier alpha value is -3.99. The third-order valence-corrected chi connectivity index (χ3v) is 8.28. The van der Waals surface area contributed by atoms with Crippen molar-refractivity contribution in [3.05, 3.63) is 71.8 Å². The Kier molecular flexibility index (Phi) is 9.16. The molecule has 10 nitrogen and oxygen atoms in total. The van der Waals surface area contributed by atoms with Crippen molar-refractivity contribution in [1.82, 2.24) is 25.2 Å². The van der Waals surface area contributed by atoms with Gasteiger partial charge in [0.1, 0.15) is 30.3 Å². The summed E-state index contributed by atoms with van der Waals surface area (Å²) in [6.45, 7) is 3.87. The van der Waals surface area contributed by atoms with Gasteiger partial charge in [-0.15, -0.1) is 0 Å². The third kappa shape index (κ3) is 7.33. The van der Waals surface area contributed by atoms with Gasteiger partial charge in [0, 0.05) is 23.3 Å². The molecule has 43 heavy (non-hydrogen) atoms. The Labute approximate surface area is 256 Å². The first-order valence-electron chi connectivity index (χ1n) is 14.8. The summed E-state index contributed by atoms with van der Waals surface area (Å²) in [5.74, 6) is 2.15. The lowest BCUT2D eigenvalue weighted by Crippen LogP contribution is -2.35. The van der Waals surface area contributed by atoms with Crippen LogP contribution in [0, 0.1) is 5.92 Å². The first-order valence-corrected chi connectivity index (χ1v) is 15.1. The molecule has 11 heteroatoms. The van der Waals surface area contributed by atoms with Crippen LogP contribution in [-0.2, 0) is 11.4 Å². The Morgan fingerprint density at radius 1 is 1.05 bits per heavy atom. The van der Waals surface area contributed by atoms with E-state index in [2.05, 4.69) is 42.8 Å². The molecule has 2 fully saturated rings. The number of fused-ring (bicyclic) bond motifs is 1. The molecular weight excluding hydrogens is 566 g/mol. The average molecular weight is 602 g/mol. The van der Waals surface area contributed by atoms with E-state index < -0.39 is 0 Å². The van der Waals surface area contributed by atoms with Gasteiger partial charge in [0.25, 0.3) is 0 Å². The molecule has 0 saturated carbocycles. The van der Waals surface area contributed by atoms with E-state index in [0.717, 1.165) is 62.1 Å². The van der Waals surface area contributed by atoms with Gasteiger partial charge in [-0.25, -0.2) is 9.97 Å². The molecule has 0 spiro atoms. The number of anilines is 3. The SMILES string of the molecule is CN1CCC(COc2cc3ncnc(Nc4ccc(OCc5ccccn5)c(Cl)c4)c3cc2NC(=O)[C@H]2CCCN2)CC1. The van der Waals surface area contributed by atoms with Crippen molar-refractivity contribution in [1.29, 1.82) is 0 Å². The van der Waals surface area contributed by atoms with E-state index in [0.29, 0.717) is 52.7 Å². The minimum absolute atomic E-state index is 0.0691. The average Bonchev–Trinajstić information content (AvgIpc) is 3.57. The van der Waals surface area contributed by atoms with Gasteiger partial charge < -0.3 is 30.3 Å². The molecular formula is C32H36ClN7O3. The quantitative estimate of drug-likeness (QED) is 0.219. The van der Waals surface area contributed by atoms with Crippen LogP contribution in [0.3, 0.4) is 0 Å². The third-order valence-electron chi connectivity index (χ3n) is 7.98. The normalized spacial score (nSPS) is 17.6. The second-order valence-corrected chi connectivity index (χ2v) is 11.6. The molecule has 0 unspecified atom stereocenters. The van der Waals surface area contributed by atoms with Gasteiger partial charge in [-0.1, -0.05) is 17.7 Å². The Bertz CT molecular complexity index is 1560. The molecule has 1 amide bonds. The van der Waals surface area contributed by atoms with Crippen molar-refractivity contribution < 1.29 is 14.3 Å². The maximum atomic E-state index is 13.1. The molecule has 2 aliphatic rings. The number of benzene rings is 2. The smallest absolute Gasteiger partial charge is 0.241 e. The Morgan fingerprint density at radius 3 is 2.70 bits per heavy atom. The van der Waals surface area contributed by atoms with Gasteiger partial charge in [0.2, 0.25) is 5.91 Å². The number of halogens is 1. The molecule has 1 atom stereocenters. The lowest BCUT2D eigenvalue weighted by atomic mass is 9.98. The van der Waals surface area contributed by atoms with Gasteiger partial charge in [-0.05, 0) is 94.7 Å². The number of nitrogens with one attached hydrogen (secondary N) is 3. The van der Waals surface area contributed by atoms with Crippen LogP contribution in [0.2, 0.25) is 5.02 Å². The number of carbonyl (C=O) groups is 1. The number of ether oxygens (including phenoxy) is 2. The Balaban J connectivity index is 1.23. The molecule has 0 bridgehead atoms. The van der Waals surface area contributed by atoms with Crippen LogP contribution >= 0.6 is 11.6 Å². The molecule has 2 aromatic heterocycles. The number of rotatable bonds is 10. The van der Waals surface area contributed by atoms with Crippen molar-refractivity contribution in [2.45, 2.75) is 38.3 Å². The maximum absolute atomic E-state index is 13.1. The van der Waals surface area contributed by atoms with Crippen molar-refractivity contribution in [2.24, 2.45) is 5.92 Å². The predicted octanol–water partition coefficient (Wildman–Crippen LogP) is 5.41. The van der Waals surface area contributed by atoms with Gasteiger partial charge in [-0.2, -0.15) is 0 Å². The highest BCUT2D eigenvalue weighted by molar-refractivity contribution is 6.32. The first-order chi connectivity index (χ1) is 21.0. The zero-order valence-electron chi connectivity index (χ0n) is 24.2. The summed E-state index contributed by atoms with van der Waals surface area (Å²) < 4.78 is 12.2. The summed E-state index contributed by atoms with van der Waals surface area (Å²) in [6.07, 6.45) is 7.20. The lowest BCUT2D eigenvalue weighted by molar-refractivity contribution is -0.117. The number of aromatic nitrogens is 3. The molecule has 4 heterocycles. The number of hydrogen-bond acceptors (Lipinski definition) is 9. The number of nitrogens with zero attached hydrogens (tertiary/aromatic N) is 4. The summed E-state index contributed by atoms with van der Waals surface area (Å²) in [5, 5.41) is 10.9. The zero-order valence-corrected chi connectivity index (χ0v) is 24.9. The molecule has 224 valence electrons. The summed E-state index contributed by atoms with van der Waals surface area (Å²) >= 11 is 6.56. The predicted molar refractivity (Wildman–Crippen MR) is 168 cm³/mol. The van der Waals surface area contributed by atoms with Crippen LogP contribution in [0.1, 0.15) is 31.4 Å². The van der Waals surface area contributed by atoms with Crippen LogP contribution in [0.5, 0.6) is 11.5 Å². The fraction of sp³-hybridized carbons (Fsp3) is 0.375. The molecule has 2 aliphatic heterocycles. The summed E-state index contributed by atoms with van der Waals surface area (Å²) in [4.78, 5) is 28.8. The zero-order chi connectivity index (χ0) is 29.6. The molecule has 4 aromatic rings. The van der Waals surface area contributed by atoms with E-state index in [1.54, 1.807) is 12.3 Å². The minimum atomic E-state index is -0.220. The van der Waals surface area contributed by atoms with Crippen molar-refractivity contribution in [2.75, 3.05) is 43.9 Å². The standard InChI is InChI=1S/C32H36ClN7O3/c1-40-13-9-21(10-14-40)18-42-30-17-27-24(16-28(30)39-32(41)26-6-4-12-35-26)31(37-20-36-27)38-22-7-8-29(25(33)15-22)43-19-23-5-2-3-11-34-23/h2-3,5,7-8,11,15-17,20-21,26,35H,4,6,9-10,12-14,18-19H2,1H3,(H,39,41)(H,36,37,38)/t26-/m1/s1. The number of carbonyl (C=O) groups excluding carboxylic acids is 1. The van der Waals surface area contributed by atoms with E-state index in [-0.39, 0.29) is 11.9 Å². The lowest BCUT2D eigenvalue weighted by Gasteiger charge is -2.29. The summed E-state index contributed by atoms with van der Waals surface area (Å²) in [5.41, 5.74) is 2.86. The first kappa shape index (κ1) is 29.1. The second kappa shape index (κ2) is 13.5. The fourth-order valence-corrected chi connectivity index (χ4v) is 5.67. The topological polar surface area (TPSA) is 114 Å². The largest absolute Gasteiger partial charge is 0.491 e. The van der Waals surface area contributed by atoms with Gasteiger partial charge in [0.05, 0.1) is 34.6 Å². The van der Waals surface area contributed by atoms with Crippen LogP contribution in [-0.4, -0.2) is 65.1 Å². The van der Waals surface area contributed by atoms with Crippen LogP contribution in [0.4, 0.5) is 17.2 Å². The molecule has 3 N–H and O–H groups in total. The van der Waals surface area contributed by atoms with Gasteiger partial charge >= 0.3 is 0 Å². The fourth-order valence-electron chi connectivity index (χ4n) is 5.43. The summed E-state index contributed by atoms with van der Waals surface area (Å²) in [6, 6.07) is 14.7. The molecule has 2 saturated heterocycles. The van der Waals surface area contributed by atoms with Crippen LogP contribution in [0.25, 0.3) is 10.9 Å². The van der Waals surface area contributed by atoms with Gasteiger partial charge in [0.15, 0.2) is 0 Å². The number of amides is 1. The van der Waals surface area contributed by atoms with E-state index in [4.69, 9.17) is 21.1 Å². The highest BCUT2D eigenvalue weighted by Gasteiger charge is 2.24. The maximum Gasteiger partial charge on any atom is 0.241 e. The van der Waals surface area contributed by atoms with Crippen LogP contribution in [0.15, 0.2) is 61.1 Å². The monoisotopic (exact) mass is 601 g/mol. The molecule has 0 aliphatic carbocycles. The number of likely N-dealkylation sites (tertiary alicyclic amines) is 1. The highest BCUT2D eigenvalue weighted by Crippen LogP contribution is 2.36. The van der Waals surface area contributed by atoms with E-state index in [1.165, 1.54) is 6.33 Å². The van der Waals surface area contributed by atoms with Crippen molar-refractivity contribution >= 4 is 45.6 Å². The number of pyridine rings is 1. The molecule has 6 rings (SSSR count). The molecule has 0 radical (unpaired) electrons. The van der Waals surface area contributed by atoms with E-state index in [9.17, 15) is 4.79 Å². The van der Waals surface area contributed by atoms with Crippen molar-refractivity contribution in [3.8, 4) is 11.5 Å². The number of hydrogen-bond donors (Lipinski definition) is 3. The Morgan fingerprint density at radius 2 is 1.93 bits per heavy atom. The highest BCUT2D eigenvalue weighted by atomic mass is 35.5.